The Balaban J connectivity index is 1.61. The van der Waals surface area contributed by atoms with Crippen molar-refractivity contribution in [2.75, 3.05) is 24.7 Å². The van der Waals surface area contributed by atoms with Gasteiger partial charge >= 0.3 is 0 Å². The Kier molecular flexibility index (Phi) is 5.38. The van der Waals surface area contributed by atoms with Gasteiger partial charge in [-0.3, -0.25) is 9.48 Å². The number of nitrogens with one attached hydrogen (secondary N) is 1. The van der Waals surface area contributed by atoms with Crippen molar-refractivity contribution < 1.29 is 17.6 Å². The number of piperidine rings is 1. The normalized spacial score (nSPS) is 18.6. The van der Waals surface area contributed by atoms with E-state index in [0.29, 0.717) is 31.7 Å². The largest absolute Gasteiger partial charge is 0.309 e. The number of carbonyl (C=O) groups excluding carboxylic acids is 1. The topological polar surface area (TPSA) is 84.3 Å². The molecule has 1 aromatic carbocycles. The average molecular weight is 380 g/mol. The van der Waals surface area contributed by atoms with Crippen LogP contribution in [-0.4, -0.2) is 47.8 Å². The third-order valence-corrected chi connectivity index (χ3v) is 5.62. The van der Waals surface area contributed by atoms with Gasteiger partial charge in [-0.2, -0.15) is 5.10 Å². The van der Waals surface area contributed by atoms with Crippen molar-refractivity contribution in [2.24, 2.45) is 5.92 Å². The molecule has 0 unspecified atom stereocenters. The smallest absolute Gasteiger partial charge is 0.230 e. The molecule has 1 atom stereocenters. The fraction of sp³-hybridized carbons (Fsp3) is 0.412. The molecule has 140 valence electrons. The van der Waals surface area contributed by atoms with Crippen LogP contribution < -0.4 is 5.32 Å². The van der Waals surface area contributed by atoms with E-state index < -0.39 is 15.9 Å². The van der Waals surface area contributed by atoms with Crippen molar-refractivity contribution in [2.45, 2.75) is 19.4 Å². The predicted molar refractivity (Wildman–Crippen MR) is 95.5 cm³/mol. The summed E-state index contributed by atoms with van der Waals surface area (Å²) in [7, 11) is -3.30. The second-order valence-corrected chi connectivity index (χ2v) is 8.46. The summed E-state index contributed by atoms with van der Waals surface area (Å²) in [6.45, 7) is 1.03. The summed E-state index contributed by atoms with van der Waals surface area (Å²) in [5.74, 6) is -0.556. The maximum Gasteiger partial charge on any atom is 0.230 e. The van der Waals surface area contributed by atoms with E-state index in [1.165, 1.54) is 16.4 Å². The van der Waals surface area contributed by atoms with E-state index in [-0.39, 0.29) is 18.3 Å². The Morgan fingerprint density at radius 2 is 2.19 bits per heavy atom. The molecule has 2 heterocycles. The zero-order chi connectivity index (χ0) is 18.7. The summed E-state index contributed by atoms with van der Waals surface area (Å²) in [5.41, 5.74) is 0.766. The summed E-state index contributed by atoms with van der Waals surface area (Å²) in [4.78, 5) is 12.4. The van der Waals surface area contributed by atoms with E-state index in [1.54, 1.807) is 29.1 Å². The minimum Gasteiger partial charge on any atom is -0.309 e. The molecule has 3 rings (SSSR count). The van der Waals surface area contributed by atoms with Crippen LogP contribution in [0.25, 0.3) is 0 Å². The lowest BCUT2D eigenvalue weighted by atomic mass is 9.99. The minimum atomic E-state index is -3.30. The number of benzene rings is 1. The SMILES string of the molecule is CS(=O)(=O)N1CCC[C@H](C(=O)Nc2ccn(Cc3cccc(F)c3)n2)C1. The number of sulfonamides is 1. The number of anilines is 1. The van der Waals surface area contributed by atoms with Crippen LogP contribution >= 0.6 is 0 Å². The zero-order valence-electron chi connectivity index (χ0n) is 14.4. The molecule has 9 heteroatoms. The van der Waals surface area contributed by atoms with Crippen molar-refractivity contribution in [1.29, 1.82) is 0 Å². The standard InChI is InChI=1S/C17H21FN4O3S/c1-26(24,25)22-8-3-5-14(12-22)17(23)19-16-7-9-21(20-16)11-13-4-2-6-15(18)10-13/h2,4,6-7,9-10,14H,3,5,8,11-12H2,1H3,(H,19,20,23)/t14-/m0/s1. The number of amides is 1. The summed E-state index contributed by atoms with van der Waals surface area (Å²) in [5, 5.41) is 7.00. The van der Waals surface area contributed by atoms with Crippen LogP contribution in [0.3, 0.4) is 0 Å². The van der Waals surface area contributed by atoms with Crippen molar-refractivity contribution in [3.63, 3.8) is 0 Å². The van der Waals surface area contributed by atoms with Crippen molar-refractivity contribution in [3.8, 4) is 0 Å². The molecule has 1 aromatic heterocycles. The molecule has 0 aliphatic carbocycles. The van der Waals surface area contributed by atoms with Gasteiger partial charge in [-0.1, -0.05) is 12.1 Å². The van der Waals surface area contributed by atoms with Gasteiger partial charge in [0.15, 0.2) is 5.82 Å². The minimum absolute atomic E-state index is 0.189. The van der Waals surface area contributed by atoms with Crippen LogP contribution in [0.5, 0.6) is 0 Å². The molecular weight excluding hydrogens is 359 g/mol. The van der Waals surface area contributed by atoms with E-state index in [0.717, 1.165) is 11.8 Å². The summed E-state index contributed by atoms with van der Waals surface area (Å²) < 4.78 is 39.5. The van der Waals surface area contributed by atoms with Gasteiger partial charge in [0.05, 0.1) is 18.7 Å². The van der Waals surface area contributed by atoms with Crippen LogP contribution in [0.4, 0.5) is 10.2 Å². The van der Waals surface area contributed by atoms with Crippen LogP contribution in [0.2, 0.25) is 0 Å². The van der Waals surface area contributed by atoms with Crippen LogP contribution in [-0.2, 0) is 21.4 Å². The number of rotatable bonds is 5. The van der Waals surface area contributed by atoms with E-state index in [2.05, 4.69) is 10.4 Å². The van der Waals surface area contributed by atoms with Crippen LogP contribution in [0.15, 0.2) is 36.5 Å². The first-order chi connectivity index (χ1) is 12.3. The molecule has 1 saturated heterocycles. The second-order valence-electron chi connectivity index (χ2n) is 6.48. The third kappa shape index (κ3) is 4.67. The molecule has 1 N–H and O–H groups in total. The van der Waals surface area contributed by atoms with E-state index in [9.17, 15) is 17.6 Å². The predicted octanol–water partition coefficient (Wildman–Crippen LogP) is 1.68. The number of aromatic nitrogens is 2. The van der Waals surface area contributed by atoms with E-state index >= 15 is 0 Å². The molecule has 1 aliphatic rings. The highest BCUT2D eigenvalue weighted by Gasteiger charge is 2.30. The molecule has 1 aliphatic heterocycles. The Hall–Kier alpha value is -2.26. The van der Waals surface area contributed by atoms with E-state index in [4.69, 9.17) is 0 Å². The first-order valence-corrected chi connectivity index (χ1v) is 10.2. The maximum absolute atomic E-state index is 13.2. The van der Waals surface area contributed by atoms with Gasteiger partial charge in [-0.25, -0.2) is 17.1 Å². The molecule has 2 aromatic rings. The first kappa shape index (κ1) is 18.5. The fourth-order valence-electron chi connectivity index (χ4n) is 3.02. The van der Waals surface area contributed by atoms with Crippen molar-refractivity contribution >= 4 is 21.7 Å². The average Bonchev–Trinajstić information content (AvgIpc) is 3.01. The number of hydrogen-bond acceptors (Lipinski definition) is 4. The van der Waals surface area contributed by atoms with Gasteiger partial charge in [0.1, 0.15) is 5.82 Å². The molecule has 0 radical (unpaired) electrons. The van der Waals surface area contributed by atoms with E-state index in [1.807, 2.05) is 0 Å². The third-order valence-electron chi connectivity index (χ3n) is 4.35. The highest BCUT2D eigenvalue weighted by molar-refractivity contribution is 7.88. The molecule has 1 amide bonds. The molecule has 7 nitrogen and oxygen atoms in total. The number of carbonyl (C=O) groups is 1. The zero-order valence-corrected chi connectivity index (χ0v) is 15.2. The molecule has 1 fully saturated rings. The maximum atomic E-state index is 13.2. The van der Waals surface area contributed by atoms with Gasteiger partial charge in [-0.15, -0.1) is 0 Å². The van der Waals surface area contributed by atoms with Gasteiger partial charge in [0, 0.05) is 25.4 Å². The Bertz CT molecular complexity index is 897. The molecule has 0 bridgehead atoms. The van der Waals surface area contributed by atoms with Crippen molar-refractivity contribution in [1.82, 2.24) is 14.1 Å². The fourth-order valence-corrected chi connectivity index (χ4v) is 3.94. The van der Waals surface area contributed by atoms with Gasteiger partial charge in [0.2, 0.25) is 15.9 Å². The highest BCUT2D eigenvalue weighted by Crippen LogP contribution is 2.20. The Labute approximate surface area is 151 Å². The molecule has 26 heavy (non-hydrogen) atoms. The Morgan fingerprint density at radius 1 is 1.38 bits per heavy atom. The molecular formula is C17H21FN4O3S. The summed E-state index contributed by atoms with van der Waals surface area (Å²) in [6, 6.07) is 7.90. The second kappa shape index (κ2) is 7.55. The van der Waals surface area contributed by atoms with Crippen LogP contribution in [0, 0.1) is 11.7 Å². The van der Waals surface area contributed by atoms with Gasteiger partial charge in [0.25, 0.3) is 0 Å². The quantitative estimate of drug-likeness (QED) is 0.855. The molecule has 0 spiro atoms. The van der Waals surface area contributed by atoms with Gasteiger partial charge in [-0.05, 0) is 30.5 Å². The number of hydrogen-bond donors (Lipinski definition) is 1. The van der Waals surface area contributed by atoms with Crippen LogP contribution in [0.1, 0.15) is 18.4 Å². The first-order valence-electron chi connectivity index (χ1n) is 8.35. The lowest BCUT2D eigenvalue weighted by molar-refractivity contribution is -0.120. The summed E-state index contributed by atoms with van der Waals surface area (Å²) in [6.07, 6.45) is 4.15. The summed E-state index contributed by atoms with van der Waals surface area (Å²) >= 11 is 0. The van der Waals surface area contributed by atoms with Crippen molar-refractivity contribution in [3.05, 3.63) is 47.9 Å². The highest BCUT2D eigenvalue weighted by atomic mass is 32.2. The molecule has 0 saturated carbocycles. The Morgan fingerprint density at radius 3 is 2.92 bits per heavy atom. The lowest BCUT2D eigenvalue weighted by Crippen LogP contribution is -2.43. The lowest BCUT2D eigenvalue weighted by Gasteiger charge is -2.29. The number of nitrogens with zero attached hydrogens (tertiary/aromatic N) is 3. The number of halogens is 1. The monoisotopic (exact) mass is 380 g/mol. The van der Waals surface area contributed by atoms with Gasteiger partial charge < -0.3 is 5.32 Å².